The van der Waals surface area contributed by atoms with E-state index in [1.54, 1.807) is 0 Å². The minimum atomic E-state index is -0.0204. The number of fused-ring (bicyclic) bond motifs is 1. The zero-order valence-corrected chi connectivity index (χ0v) is 11.1. The lowest BCUT2D eigenvalue weighted by Crippen LogP contribution is -1.94. The molecule has 1 N–H and O–H groups in total. The molecule has 3 rings (SSSR count). The number of aliphatic hydroxyl groups excluding tert-OH is 1. The van der Waals surface area contributed by atoms with Gasteiger partial charge in [0.1, 0.15) is 5.65 Å². The first-order valence-corrected chi connectivity index (χ1v) is 6.35. The summed E-state index contributed by atoms with van der Waals surface area (Å²) in [7, 11) is 0. The summed E-state index contributed by atoms with van der Waals surface area (Å²) >= 11 is 0. The van der Waals surface area contributed by atoms with Crippen LogP contribution in [0, 0.1) is 13.8 Å². The summed E-state index contributed by atoms with van der Waals surface area (Å²) < 4.78 is 1.94. The van der Waals surface area contributed by atoms with E-state index in [-0.39, 0.29) is 6.61 Å². The predicted octanol–water partition coefficient (Wildman–Crippen LogP) is 3.11. The molecule has 0 bridgehead atoms. The highest BCUT2D eigenvalue weighted by molar-refractivity contribution is 5.67. The molecule has 0 aliphatic heterocycles. The average Bonchev–Trinajstić information content (AvgIpc) is 2.80. The fourth-order valence-electron chi connectivity index (χ4n) is 2.32. The van der Waals surface area contributed by atoms with Crippen LogP contribution in [-0.2, 0) is 6.61 Å². The Kier molecular flexibility index (Phi) is 2.84. The van der Waals surface area contributed by atoms with E-state index in [0.29, 0.717) is 0 Å². The highest BCUT2D eigenvalue weighted by Gasteiger charge is 2.13. The number of hydrogen-bond acceptors (Lipinski definition) is 2. The Morgan fingerprint density at radius 2 is 1.95 bits per heavy atom. The van der Waals surface area contributed by atoms with Gasteiger partial charge in [-0.05, 0) is 43.2 Å². The van der Waals surface area contributed by atoms with Gasteiger partial charge in [0, 0.05) is 11.8 Å². The second kappa shape index (κ2) is 4.52. The van der Waals surface area contributed by atoms with E-state index in [0.717, 1.165) is 22.6 Å². The van der Waals surface area contributed by atoms with E-state index in [9.17, 15) is 5.11 Å². The first-order chi connectivity index (χ1) is 9.20. The molecule has 3 nitrogen and oxygen atoms in total. The van der Waals surface area contributed by atoms with Crippen LogP contribution in [0.2, 0.25) is 0 Å². The molecule has 1 aromatic carbocycles. The van der Waals surface area contributed by atoms with Crippen LogP contribution in [0.25, 0.3) is 16.9 Å². The lowest BCUT2D eigenvalue weighted by atomic mass is 10.0. The minimum absolute atomic E-state index is 0.0204. The number of nitrogens with zero attached hydrogens (tertiary/aromatic N) is 2. The molecule has 2 heterocycles. The number of imidazole rings is 1. The Balaban J connectivity index is 2.26. The van der Waals surface area contributed by atoms with Crippen molar-refractivity contribution < 1.29 is 5.11 Å². The van der Waals surface area contributed by atoms with Crippen molar-refractivity contribution in [3.05, 3.63) is 59.4 Å². The zero-order valence-electron chi connectivity index (χ0n) is 11.1. The van der Waals surface area contributed by atoms with E-state index >= 15 is 0 Å². The summed E-state index contributed by atoms with van der Waals surface area (Å²) in [5.41, 5.74) is 6.10. The van der Waals surface area contributed by atoms with Gasteiger partial charge in [0.25, 0.3) is 0 Å². The number of hydrogen-bond donors (Lipinski definition) is 1. The molecule has 0 spiro atoms. The normalized spacial score (nSPS) is 11.1. The van der Waals surface area contributed by atoms with Crippen molar-refractivity contribution in [2.24, 2.45) is 0 Å². The molecule has 3 aromatic rings. The molecule has 0 saturated carbocycles. The van der Waals surface area contributed by atoms with Crippen molar-refractivity contribution in [3.8, 4) is 11.3 Å². The van der Waals surface area contributed by atoms with Gasteiger partial charge in [-0.2, -0.15) is 0 Å². The summed E-state index contributed by atoms with van der Waals surface area (Å²) in [6.07, 6.45) is 1.93. The predicted molar refractivity (Wildman–Crippen MR) is 76.0 cm³/mol. The minimum Gasteiger partial charge on any atom is -0.390 e. The zero-order chi connectivity index (χ0) is 13.4. The van der Waals surface area contributed by atoms with Crippen LogP contribution < -0.4 is 0 Å². The maximum atomic E-state index is 9.63. The fourth-order valence-corrected chi connectivity index (χ4v) is 2.32. The van der Waals surface area contributed by atoms with Gasteiger partial charge in [0.05, 0.1) is 18.0 Å². The molecule has 96 valence electrons. The number of benzene rings is 1. The van der Waals surface area contributed by atoms with Gasteiger partial charge < -0.3 is 9.51 Å². The topological polar surface area (TPSA) is 37.5 Å². The Morgan fingerprint density at radius 1 is 1.11 bits per heavy atom. The molecule has 0 fully saturated rings. The van der Waals surface area contributed by atoms with Gasteiger partial charge in [-0.3, -0.25) is 0 Å². The Morgan fingerprint density at radius 3 is 2.68 bits per heavy atom. The maximum absolute atomic E-state index is 9.63. The third kappa shape index (κ3) is 1.92. The number of aromatic nitrogens is 2. The van der Waals surface area contributed by atoms with Crippen molar-refractivity contribution in [3.63, 3.8) is 0 Å². The molecular weight excluding hydrogens is 236 g/mol. The van der Waals surface area contributed by atoms with E-state index in [2.05, 4.69) is 37.0 Å². The molecule has 0 aliphatic carbocycles. The van der Waals surface area contributed by atoms with Crippen LogP contribution in [0.5, 0.6) is 0 Å². The molecule has 0 atom stereocenters. The van der Waals surface area contributed by atoms with Crippen LogP contribution in [0.4, 0.5) is 0 Å². The Labute approximate surface area is 112 Å². The maximum Gasteiger partial charge on any atom is 0.137 e. The molecule has 0 aliphatic rings. The van der Waals surface area contributed by atoms with Crippen LogP contribution in [-0.4, -0.2) is 14.5 Å². The van der Waals surface area contributed by atoms with Crippen molar-refractivity contribution in [1.82, 2.24) is 9.38 Å². The molecule has 2 aromatic heterocycles. The molecule has 0 radical (unpaired) electrons. The summed E-state index contributed by atoms with van der Waals surface area (Å²) in [6, 6.07) is 12.1. The van der Waals surface area contributed by atoms with Crippen LogP contribution in [0.3, 0.4) is 0 Å². The summed E-state index contributed by atoms with van der Waals surface area (Å²) in [5, 5.41) is 9.63. The van der Waals surface area contributed by atoms with Crippen molar-refractivity contribution >= 4 is 5.65 Å². The molecule has 0 saturated heterocycles. The second-order valence-electron chi connectivity index (χ2n) is 4.79. The summed E-state index contributed by atoms with van der Waals surface area (Å²) in [5.74, 6) is 0. The van der Waals surface area contributed by atoms with Gasteiger partial charge in [-0.1, -0.05) is 18.2 Å². The summed E-state index contributed by atoms with van der Waals surface area (Å²) in [6.45, 7) is 4.16. The van der Waals surface area contributed by atoms with Crippen molar-refractivity contribution in [2.45, 2.75) is 20.5 Å². The molecule has 0 unspecified atom stereocenters. The Hall–Kier alpha value is -2.13. The quantitative estimate of drug-likeness (QED) is 0.761. The van der Waals surface area contributed by atoms with E-state index in [1.807, 2.05) is 28.8 Å². The smallest absolute Gasteiger partial charge is 0.137 e. The number of pyridine rings is 1. The van der Waals surface area contributed by atoms with Crippen LogP contribution >= 0.6 is 0 Å². The molecule has 3 heteroatoms. The van der Waals surface area contributed by atoms with E-state index in [4.69, 9.17) is 0 Å². The SMILES string of the molecule is Cc1ccc(-c2nc3ccccn3c2CO)cc1C. The summed E-state index contributed by atoms with van der Waals surface area (Å²) in [4.78, 5) is 4.63. The number of rotatable bonds is 2. The number of aliphatic hydroxyl groups is 1. The van der Waals surface area contributed by atoms with Gasteiger partial charge >= 0.3 is 0 Å². The van der Waals surface area contributed by atoms with Crippen molar-refractivity contribution in [1.29, 1.82) is 0 Å². The molecule has 0 amide bonds. The van der Waals surface area contributed by atoms with Gasteiger partial charge in [-0.15, -0.1) is 0 Å². The number of aryl methyl sites for hydroxylation is 2. The fraction of sp³-hybridized carbons (Fsp3) is 0.188. The van der Waals surface area contributed by atoms with Gasteiger partial charge in [0.15, 0.2) is 0 Å². The monoisotopic (exact) mass is 252 g/mol. The van der Waals surface area contributed by atoms with Gasteiger partial charge in [0.2, 0.25) is 0 Å². The second-order valence-corrected chi connectivity index (χ2v) is 4.79. The largest absolute Gasteiger partial charge is 0.390 e. The lowest BCUT2D eigenvalue weighted by Gasteiger charge is -2.05. The van der Waals surface area contributed by atoms with Gasteiger partial charge in [-0.25, -0.2) is 4.98 Å². The lowest BCUT2D eigenvalue weighted by molar-refractivity contribution is 0.276. The standard InChI is InChI=1S/C16H16N2O/c1-11-6-7-13(9-12(11)2)16-14(10-19)18-8-4-3-5-15(18)17-16/h3-9,19H,10H2,1-2H3. The van der Waals surface area contributed by atoms with Crippen LogP contribution in [0.1, 0.15) is 16.8 Å². The highest BCUT2D eigenvalue weighted by Crippen LogP contribution is 2.26. The molecule has 19 heavy (non-hydrogen) atoms. The Bertz CT molecular complexity index is 744. The third-order valence-corrected chi connectivity index (χ3v) is 3.56. The van der Waals surface area contributed by atoms with E-state index < -0.39 is 0 Å². The van der Waals surface area contributed by atoms with Crippen molar-refractivity contribution in [2.75, 3.05) is 0 Å². The van der Waals surface area contributed by atoms with Crippen LogP contribution in [0.15, 0.2) is 42.6 Å². The average molecular weight is 252 g/mol. The first kappa shape index (κ1) is 11.9. The first-order valence-electron chi connectivity index (χ1n) is 6.35. The highest BCUT2D eigenvalue weighted by atomic mass is 16.3. The van der Waals surface area contributed by atoms with E-state index in [1.165, 1.54) is 11.1 Å². The molecular formula is C16H16N2O. The third-order valence-electron chi connectivity index (χ3n) is 3.56.